The smallest absolute Gasteiger partial charge is 0.122 e. The van der Waals surface area contributed by atoms with Crippen LogP contribution in [0.15, 0.2) is 63.8 Å². The summed E-state index contributed by atoms with van der Waals surface area (Å²) >= 11 is 0. The molecule has 3 N–H and O–H groups in total. The molecule has 0 aliphatic carbocycles. The zero-order valence-electron chi connectivity index (χ0n) is 19.4. The van der Waals surface area contributed by atoms with Crippen LogP contribution in [-0.4, -0.2) is 21.4 Å². The number of aryl methyl sites for hydroxylation is 2. The van der Waals surface area contributed by atoms with E-state index in [-0.39, 0.29) is 11.5 Å². The highest BCUT2D eigenvalue weighted by Crippen LogP contribution is 2.28. The first kappa shape index (κ1) is 24.5. The minimum atomic E-state index is -0.535. The predicted molar refractivity (Wildman–Crippen MR) is 126 cm³/mol. The lowest BCUT2D eigenvalue weighted by Gasteiger charge is -2.10. The van der Waals surface area contributed by atoms with Crippen molar-refractivity contribution in [2.24, 2.45) is 0 Å². The molecule has 4 nitrogen and oxygen atoms in total. The second-order valence-electron chi connectivity index (χ2n) is 8.67. The van der Waals surface area contributed by atoms with E-state index in [1.165, 1.54) is 11.1 Å². The number of phenols is 2. The van der Waals surface area contributed by atoms with Crippen LogP contribution in [-0.2, 0) is 12.8 Å². The minimum absolute atomic E-state index is 0.151. The maximum atomic E-state index is 10.4. The number of aliphatic hydroxyl groups excluding tert-OH is 1. The highest BCUT2D eigenvalue weighted by Gasteiger charge is 2.07. The van der Waals surface area contributed by atoms with Crippen molar-refractivity contribution in [3.63, 3.8) is 0 Å². The molecule has 0 spiro atoms. The quantitative estimate of drug-likeness (QED) is 0.302. The van der Waals surface area contributed by atoms with Crippen molar-refractivity contribution in [2.75, 3.05) is 0 Å². The maximum absolute atomic E-state index is 10.4. The zero-order chi connectivity index (χ0) is 23.0. The molecular formula is C27H36O4. The fourth-order valence-corrected chi connectivity index (χ4v) is 3.63. The summed E-state index contributed by atoms with van der Waals surface area (Å²) in [5.74, 6) is 1.35. The Labute approximate surface area is 186 Å². The number of allylic oxidation sites excluding steroid dienone is 4. The number of hydrogen-bond donors (Lipinski definition) is 3. The van der Waals surface area contributed by atoms with Crippen LogP contribution >= 0.6 is 0 Å². The van der Waals surface area contributed by atoms with E-state index in [1.807, 2.05) is 26.0 Å². The molecule has 0 amide bonds. The summed E-state index contributed by atoms with van der Waals surface area (Å²) in [7, 11) is 0. The summed E-state index contributed by atoms with van der Waals surface area (Å²) in [4.78, 5) is 0. The summed E-state index contributed by atoms with van der Waals surface area (Å²) < 4.78 is 5.50. The monoisotopic (exact) mass is 424 g/mol. The number of furan rings is 1. The molecule has 4 heteroatoms. The van der Waals surface area contributed by atoms with Crippen molar-refractivity contribution in [2.45, 2.75) is 72.8 Å². The molecule has 0 aliphatic heterocycles. The Balaban J connectivity index is 1.82. The number of rotatable bonds is 10. The highest BCUT2D eigenvalue weighted by atomic mass is 16.3. The molecule has 0 aliphatic rings. The molecule has 1 unspecified atom stereocenters. The van der Waals surface area contributed by atoms with Crippen LogP contribution in [0.5, 0.6) is 11.5 Å². The fourth-order valence-electron chi connectivity index (χ4n) is 3.63. The molecule has 1 atom stereocenters. The van der Waals surface area contributed by atoms with Gasteiger partial charge in [0.1, 0.15) is 17.3 Å². The fraction of sp³-hybridized carbons (Fsp3) is 0.407. The van der Waals surface area contributed by atoms with E-state index in [0.717, 1.165) is 36.2 Å². The van der Waals surface area contributed by atoms with Gasteiger partial charge in [0.05, 0.1) is 12.4 Å². The van der Waals surface area contributed by atoms with Crippen molar-refractivity contribution in [3.8, 4) is 11.5 Å². The van der Waals surface area contributed by atoms with Gasteiger partial charge in [-0.05, 0) is 89.6 Å². The number of aromatic hydroxyl groups is 2. The van der Waals surface area contributed by atoms with Gasteiger partial charge in [-0.1, -0.05) is 34.9 Å². The molecule has 1 heterocycles. The second-order valence-corrected chi connectivity index (χ2v) is 8.67. The summed E-state index contributed by atoms with van der Waals surface area (Å²) in [5.41, 5.74) is 5.98. The van der Waals surface area contributed by atoms with Gasteiger partial charge in [0.25, 0.3) is 0 Å². The zero-order valence-corrected chi connectivity index (χ0v) is 19.4. The van der Waals surface area contributed by atoms with E-state index in [1.54, 1.807) is 25.3 Å². The van der Waals surface area contributed by atoms with Gasteiger partial charge in [-0.2, -0.15) is 0 Å². The number of hydrogen-bond acceptors (Lipinski definition) is 4. The van der Waals surface area contributed by atoms with Crippen molar-refractivity contribution in [1.29, 1.82) is 0 Å². The van der Waals surface area contributed by atoms with Crippen LogP contribution in [0.3, 0.4) is 0 Å². The standard InChI is InChI=1S/C27H36O4/c1-18(7-6-8-19(2)13-26-14-21(4)17-31-26)11-24(28)12-20(3)9-10-23-16-25(29)15-22(5)27(23)30/h8-9,11,14-17,24,28-30H,6-7,10,12-13H2,1-5H3. The van der Waals surface area contributed by atoms with Crippen LogP contribution in [0.4, 0.5) is 0 Å². The van der Waals surface area contributed by atoms with Crippen molar-refractivity contribution >= 4 is 0 Å². The van der Waals surface area contributed by atoms with E-state index in [4.69, 9.17) is 4.42 Å². The average molecular weight is 425 g/mol. The first-order chi connectivity index (χ1) is 14.6. The van der Waals surface area contributed by atoms with E-state index in [9.17, 15) is 15.3 Å². The molecule has 2 rings (SSSR count). The molecule has 1 aromatic carbocycles. The molecule has 0 saturated heterocycles. The Bertz CT molecular complexity index is 960. The van der Waals surface area contributed by atoms with Gasteiger partial charge in [0, 0.05) is 12.0 Å². The topological polar surface area (TPSA) is 73.8 Å². The molecule has 2 aromatic rings. The Hall–Kier alpha value is -2.72. The molecule has 31 heavy (non-hydrogen) atoms. The van der Waals surface area contributed by atoms with E-state index in [0.29, 0.717) is 24.0 Å². The van der Waals surface area contributed by atoms with Crippen LogP contribution < -0.4 is 0 Å². The number of phenolic OH excluding ortho intramolecular Hbond substituents is 2. The van der Waals surface area contributed by atoms with Gasteiger partial charge >= 0.3 is 0 Å². The summed E-state index contributed by atoms with van der Waals surface area (Å²) in [5, 5.41) is 30.3. The third kappa shape index (κ3) is 8.50. The first-order valence-electron chi connectivity index (χ1n) is 10.9. The normalized spacial score (nSPS) is 14.2. The Morgan fingerprint density at radius 1 is 1.00 bits per heavy atom. The third-order valence-electron chi connectivity index (χ3n) is 5.31. The SMILES string of the molecule is CC(=CC(O)CC(C)=CCc1cc(O)cc(C)c1O)CCC=C(C)Cc1cc(C)co1. The Morgan fingerprint density at radius 3 is 2.42 bits per heavy atom. The highest BCUT2D eigenvalue weighted by molar-refractivity contribution is 5.46. The second kappa shape index (κ2) is 11.6. The van der Waals surface area contributed by atoms with Gasteiger partial charge in [0.15, 0.2) is 0 Å². The molecule has 0 fully saturated rings. The van der Waals surface area contributed by atoms with Crippen LogP contribution in [0.2, 0.25) is 0 Å². The van der Waals surface area contributed by atoms with Crippen molar-refractivity contribution in [3.05, 3.63) is 81.9 Å². The van der Waals surface area contributed by atoms with Crippen molar-refractivity contribution in [1.82, 2.24) is 0 Å². The maximum Gasteiger partial charge on any atom is 0.122 e. The molecule has 1 aromatic heterocycles. The van der Waals surface area contributed by atoms with E-state index >= 15 is 0 Å². The van der Waals surface area contributed by atoms with Gasteiger partial charge in [-0.25, -0.2) is 0 Å². The average Bonchev–Trinajstić information content (AvgIpc) is 3.07. The lowest BCUT2D eigenvalue weighted by Crippen LogP contribution is -2.04. The molecule has 0 bridgehead atoms. The molecule has 168 valence electrons. The van der Waals surface area contributed by atoms with Gasteiger partial charge in [0.2, 0.25) is 0 Å². The lowest BCUT2D eigenvalue weighted by molar-refractivity contribution is 0.222. The predicted octanol–water partition coefficient (Wildman–Crippen LogP) is 6.46. The molecular weight excluding hydrogens is 388 g/mol. The van der Waals surface area contributed by atoms with Crippen LogP contribution in [0.25, 0.3) is 0 Å². The van der Waals surface area contributed by atoms with Crippen LogP contribution in [0, 0.1) is 13.8 Å². The van der Waals surface area contributed by atoms with Crippen molar-refractivity contribution < 1.29 is 19.7 Å². The number of benzene rings is 1. The first-order valence-corrected chi connectivity index (χ1v) is 10.9. The minimum Gasteiger partial charge on any atom is -0.508 e. The summed E-state index contributed by atoms with van der Waals surface area (Å²) in [6.07, 6.45) is 11.1. The number of aliphatic hydroxyl groups is 1. The molecule has 0 saturated carbocycles. The third-order valence-corrected chi connectivity index (χ3v) is 5.31. The Morgan fingerprint density at radius 2 is 1.74 bits per heavy atom. The Kier molecular flexibility index (Phi) is 9.20. The molecule has 0 radical (unpaired) electrons. The summed E-state index contributed by atoms with van der Waals surface area (Å²) in [6.45, 7) is 9.93. The van der Waals surface area contributed by atoms with Crippen LogP contribution in [0.1, 0.15) is 62.5 Å². The largest absolute Gasteiger partial charge is 0.508 e. The van der Waals surface area contributed by atoms with E-state index < -0.39 is 6.10 Å². The van der Waals surface area contributed by atoms with E-state index in [2.05, 4.69) is 26.0 Å². The summed E-state index contributed by atoms with van der Waals surface area (Å²) in [6, 6.07) is 5.19. The van der Waals surface area contributed by atoms with Gasteiger partial charge in [-0.15, -0.1) is 0 Å². The van der Waals surface area contributed by atoms with Gasteiger partial charge < -0.3 is 19.7 Å². The lowest BCUT2D eigenvalue weighted by atomic mass is 10.0. The van der Waals surface area contributed by atoms with Gasteiger partial charge in [-0.3, -0.25) is 0 Å².